The average molecular weight is 600 g/mol. The third kappa shape index (κ3) is 7.37. The van der Waals surface area contributed by atoms with Crippen molar-refractivity contribution in [3.63, 3.8) is 0 Å². The lowest BCUT2D eigenvalue weighted by molar-refractivity contribution is 0.319. The monoisotopic (exact) mass is 599 g/mol. The number of fused-ring (bicyclic) bond motifs is 4. The third-order valence-corrected chi connectivity index (χ3v) is 10.3. The number of nitrogens with zero attached hydrogens (tertiary/aromatic N) is 3. The van der Waals surface area contributed by atoms with Gasteiger partial charge in [0.2, 0.25) is 0 Å². The minimum atomic E-state index is 0. The molecule has 0 radical (unpaired) electrons. The molecule has 42 heavy (non-hydrogen) atoms. The second-order valence-electron chi connectivity index (χ2n) is 11.3. The van der Waals surface area contributed by atoms with E-state index in [1.54, 1.807) is 0 Å². The SMILES string of the molecule is C.C.CC(C)C(C)CN1c2ccccc2Sc2ccccc21.CC(CN1c2ccccc2Sc2ccccc21)N(C)C. The number of anilines is 4. The van der Waals surface area contributed by atoms with Crippen LogP contribution in [0.25, 0.3) is 0 Å². The molecule has 0 saturated heterocycles. The second-order valence-corrected chi connectivity index (χ2v) is 13.5. The van der Waals surface area contributed by atoms with E-state index in [-0.39, 0.29) is 14.9 Å². The Morgan fingerprint density at radius 1 is 0.524 bits per heavy atom. The molecular formula is C37H49N3S2. The molecule has 2 heterocycles. The van der Waals surface area contributed by atoms with Crippen molar-refractivity contribution in [2.24, 2.45) is 11.8 Å². The van der Waals surface area contributed by atoms with Gasteiger partial charge < -0.3 is 14.7 Å². The van der Waals surface area contributed by atoms with Gasteiger partial charge in [-0.3, -0.25) is 0 Å². The molecule has 5 heteroatoms. The lowest BCUT2D eigenvalue weighted by Crippen LogP contribution is -2.37. The topological polar surface area (TPSA) is 9.72 Å². The van der Waals surface area contributed by atoms with Crippen molar-refractivity contribution in [1.82, 2.24) is 4.90 Å². The molecule has 0 fully saturated rings. The van der Waals surface area contributed by atoms with Crippen LogP contribution < -0.4 is 9.80 Å². The third-order valence-electron chi connectivity index (χ3n) is 8.00. The molecule has 2 aliphatic rings. The Balaban J connectivity index is 0.000000220. The fourth-order valence-electron chi connectivity index (χ4n) is 4.88. The Morgan fingerprint density at radius 3 is 1.14 bits per heavy atom. The van der Waals surface area contributed by atoms with Crippen LogP contribution in [0, 0.1) is 11.8 Å². The van der Waals surface area contributed by atoms with Gasteiger partial charge >= 0.3 is 0 Å². The average Bonchev–Trinajstić information content (AvgIpc) is 2.97. The molecule has 0 spiro atoms. The van der Waals surface area contributed by atoms with Gasteiger partial charge in [-0.15, -0.1) is 0 Å². The van der Waals surface area contributed by atoms with E-state index in [4.69, 9.17) is 0 Å². The normalized spacial score (nSPS) is 14.2. The van der Waals surface area contributed by atoms with E-state index < -0.39 is 0 Å². The Kier molecular flexibility index (Phi) is 12.0. The summed E-state index contributed by atoms with van der Waals surface area (Å²) in [6.45, 7) is 11.3. The predicted octanol–water partition coefficient (Wildman–Crippen LogP) is 11.1. The van der Waals surface area contributed by atoms with E-state index in [0.29, 0.717) is 17.9 Å². The van der Waals surface area contributed by atoms with Gasteiger partial charge in [0.15, 0.2) is 0 Å². The first-order valence-corrected chi connectivity index (χ1v) is 15.9. The summed E-state index contributed by atoms with van der Waals surface area (Å²) in [5.74, 6) is 1.36. The number of hydrogen-bond donors (Lipinski definition) is 0. The molecule has 4 aromatic carbocycles. The van der Waals surface area contributed by atoms with Gasteiger partial charge in [0.25, 0.3) is 0 Å². The fraction of sp³-hybridized carbons (Fsp3) is 0.351. The zero-order chi connectivity index (χ0) is 28.2. The predicted molar refractivity (Wildman–Crippen MR) is 189 cm³/mol. The summed E-state index contributed by atoms with van der Waals surface area (Å²) in [7, 11) is 4.28. The van der Waals surface area contributed by atoms with Crippen molar-refractivity contribution in [2.45, 2.75) is 68.2 Å². The first-order valence-electron chi connectivity index (χ1n) is 14.3. The first kappa shape index (κ1) is 33.6. The van der Waals surface area contributed by atoms with Crippen LogP contribution in [0.15, 0.2) is 117 Å². The highest BCUT2D eigenvalue weighted by Crippen LogP contribution is 2.49. The molecule has 2 atom stereocenters. The smallest absolute Gasteiger partial charge is 0.0553 e. The van der Waals surface area contributed by atoms with Crippen LogP contribution in [0.5, 0.6) is 0 Å². The van der Waals surface area contributed by atoms with Crippen molar-refractivity contribution >= 4 is 46.3 Å². The van der Waals surface area contributed by atoms with Crippen LogP contribution in [0.4, 0.5) is 22.7 Å². The van der Waals surface area contributed by atoms with Gasteiger partial charge in [0, 0.05) is 38.7 Å². The van der Waals surface area contributed by atoms with Crippen LogP contribution in [-0.2, 0) is 0 Å². The quantitative estimate of drug-likeness (QED) is 0.217. The zero-order valence-corrected chi connectivity index (χ0v) is 26.2. The Bertz CT molecular complexity index is 1230. The summed E-state index contributed by atoms with van der Waals surface area (Å²) in [5.41, 5.74) is 5.35. The van der Waals surface area contributed by atoms with Crippen LogP contribution in [0.3, 0.4) is 0 Å². The van der Waals surface area contributed by atoms with E-state index in [2.05, 4.69) is 154 Å². The van der Waals surface area contributed by atoms with Crippen molar-refractivity contribution in [3.05, 3.63) is 97.1 Å². The van der Waals surface area contributed by atoms with Gasteiger partial charge in [-0.05, 0) is 81.4 Å². The maximum absolute atomic E-state index is 2.49. The number of benzene rings is 4. The highest BCUT2D eigenvalue weighted by atomic mass is 32.2. The molecule has 4 aromatic rings. The van der Waals surface area contributed by atoms with Crippen LogP contribution >= 0.6 is 23.5 Å². The van der Waals surface area contributed by atoms with Gasteiger partial charge in [0.1, 0.15) is 0 Å². The lowest BCUT2D eigenvalue weighted by Gasteiger charge is -2.36. The molecule has 0 N–H and O–H groups in total. The van der Waals surface area contributed by atoms with Crippen LogP contribution in [-0.4, -0.2) is 38.1 Å². The molecule has 2 unspecified atom stereocenters. The van der Waals surface area contributed by atoms with E-state index >= 15 is 0 Å². The van der Waals surface area contributed by atoms with Crippen molar-refractivity contribution in [1.29, 1.82) is 0 Å². The molecule has 0 aromatic heterocycles. The van der Waals surface area contributed by atoms with Gasteiger partial charge in [-0.1, -0.05) is 108 Å². The number of para-hydroxylation sites is 4. The highest BCUT2D eigenvalue weighted by molar-refractivity contribution is 8.00. The van der Waals surface area contributed by atoms with Crippen molar-refractivity contribution in [2.75, 3.05) is 37.0 Å². The number of hydrogen-bond acceptors (Lipinski definition) is 5. The minimum absolute atomic E-state index is 0. The zero-order valence-electron chi connectivity index (χ0n) is 24.5. The molecule has 0 aliphatic carbocycles. The van der Waals surface area contributed by atoms with E-state index in [9.17, 15) is 0 Å². The van der Waals surface area contributed by atoms with E-state index in [1.807, 2.05) is 23.5 Å². The van der Waals surface area contributed by atoms with Crippen LogP contribution in [0.2, 0.25) is 0 Å². The summed E-state index contributed by atoms with van der Waals surface area (Å²) in [4.78, 5) is 12.6. The summed E-state index contributed by atoms with van der Waals surface area (Å²) < 4.78 is 0. The number of likely N-dealkylation sites (N-methyl/N-ethyl adjacent to an activating group) is 1. The Morgan fingerprint density at radius 2 is 0.833 bits per heavy atom. The molecule has 0 bridgehead atoms. The molecule has 0 amide bonds. The summed E-state index contributed by atoms with van der Waals surface area (Å²) in [6.07, 6.45) is 0. The van der Waals surface area contributed by atoms with Crippen LogP contribution in [0.1, 0.15) is 42.5 Å². The second kappa shape index (κ2) is 15.0. The largest absolute Gasteiger partial charge is 0.339 e. The molecule has 3 nitrogen and oxygen atoms in total. The number of rotatable bonds is 6. The fourth-order valence-corrected chi connectivity index (χ4v) is 7.07. The Labute approximate surface area is 264 Å². The first-order chi connectivity index (χ1) is 19.3. The standard InChI is InChI=1S/C18H21NS.C17H20N2S.2CH4/c1-13(2)14(3)12-19-15-8-4-6-10-17(15)20-18-11-7-5-9-16(18)19;1-13(18(2)3)12-19-14-8-4-6-10-16(14)20-17-11-7-5-9-15(17)19;;/h4-11,13-14H,12H2,1-3H3;4-11,13H,12H2,1-3H3;2*1H4. The van der Waals surface area contributed by atoms with E-state index in [1.165, 1.54) is 42.3 Å². The maximum Gasteiger partial charge on any atom is 0.0553 e. The summed E-state index contributed by atoms with van der Waals surface area (Å²) >= 11 is 3.75. The summed E-state index contributed by atoms with van der Waals surface area (Å²) in [5, 5.41) is 0. The van der Waals surface area contributed by atoms with E-state index in [0.717, 1.165) is 13.1 Å². The highest BCUT2D eigenvalue weighted by Gasteiger charge is 2.26. The molecule has 0 saturated carbocycles. The maximum atomic E-state index is 2.49. The van der Waals surface area contributed by atoms with Crippen molar-refractivity contribution in [3.8, 4) is 0 Å². The molecular weight excluding hydrogens is 551 g/mol. The molecule has 6 rings (SSSR count). The molecule has 2 aliphatic heterocycles. The van der Waals surface area contributed by atoms with Gasteiger partial charge in [0.05, 0.1) is 22.7 Å². The summed E-state index contributed by atoms with van der Waals surface area (Å²) in [6, 6.07) is 35.3. The minimum Gasteiger partial charge on any atom is -0.339 e. The Hall–Kier alpha value is -2.86. The van der Waals surface area contributed by atoms with Gasteiger partial charge in [-0.25, -0.2) is 0 Å². The molecule has 224 valence electrons. The van der Waals surface area contributed by atoms with Gasteiger partial charge in [-0.2, -0.15) is 0 Å². The lowest BCUT2D eigenvalue weighted by atomic mass is 9.97. The van der Waals surface area contributed by atoms with Crippen molar-refractivity contribution < 1.29 is 0 Å².